The predicted octanol–water partition coefficient (Wildman–Crippen LogP) is 3.92. The summed E-state index contributed by atoms with van der Waals surface area (Å²) >= 11 is 5.94. The van der Waals surface area contributed by atoms with Crippen molar-refractivity contribution in [3.05, 3.63) is 29.3 Å². The second-order valence-electron chi connectivity index (χ2n) is 6.40. The quantitative estimate of drug-likeness (QED) is 0.911. The molecule has 1 fully saturated rings. The summed E-state index contributed by atoms with van der Waals surface area (Å²) in [7, 11) is 2.17. The number of anilines is 1. The third kappa shape index (κ3) is 4.89. The zero-order valence-corrected chi connectivity index (χ0v) is 14.4. The molecular formula is C17H26ClN3O. The maximum absolute atomic E-state index is 12.3. The lowest BCUT2D eigenvalue weighted by Gasteiger charge is -2.34. The monoisotopic (exact) mass is 323 g/mol. The molecule has 2 rings (SSSR count). The van der Waals surface area contributed by atoms with Crippen molar-refractivity contribution < 1.29 is 4.79 Å². The Balaban J connectivity index is 1.80. The molecule has 1 N–H and O–H groups in total. The molecule has 1 heterocycles. The van der Waals surface area contributed by atoms with E-state index >= 15 is 0 Å². The van der Waals surface area contributed by atoms with Crippen LogP contribution in [0.3, 0.4) is 0 Å². The first kappa shape index (κ1) is 17.1. The van der Waals surface area contributed by atoms with Crippen LogP contribution in [-0.4, -0.2) is 48.6 Å². The molecular weight excluding hydrogens is 298 g/mol. The fraction of sp³-hybridized carbons (Fsp3) is 0.588. The number of hydrogen-bond donors (Lipinski definition) is 1. The molecule has 22 heavy (non-hydrogen) atoms. The first-order chi connectivity index (χ1) is 10.5. The van der Waals surface area contributed by atoms with Crippen molar-refractivity contribution in [3.63, 3.8) is 0 Å². The van der Waals surface area contributed by atoms with E-state index in [1.807, 2.05) is 17.0 Å². The number of benzene rings is 1. The molecule has 1 saturated heterocycles. The molecule has 4 nitrogen and oxygen atoms in total. The average Bonchev–Trinajstić information content (AvgIpc) is 2.47. The molecule has 0 aliphatic carbocycles. The zero-order chi connectivity index (χ0) is 16.1. The van der Waals surface area contributed by atoms with Crippen molar-refractivity contribution >= 4 is 23.3 Å². The number of nitrogens with zero attached hydrogens (tertiary/aromatic N) is 2. The van der Waals surface area contributed by atoms with E-state index < -0.39 is 0 Å². The number of halogens is 1. The average molecular weight is 324 g/mol. The molecule has 0 saturated carbocycles. The number of urea groups is 1. The van der Waals surface area contributed by atoms with E-state index in [9.17, 15) is 4.79 Å². The van der Waals surface area contributed by atoms with Gasteiger partial charge < -0.3 is 15.1 Å². The van der Waals surface area contributed by atoms with Crippen molar-refractivity contribution in [3.8, 4) is 0 Å². The largest absolute Gasteiger partial charge is 0.325 e. The van der Waals surface area contributed by atoms with Crippen molar-refractivity contribution in [1.82, 2.24) is 9.80 Å². The van der Waals surface area contributed by atoms with Crippen LogP contribution in [0.2, 0.25) is 5.02 Å². The van der Waals surface area contributed by atoms with Gasteiger partial charge in [0.05, 0.1) is 0 Å². The van der Waals surface area contributed by atoms with Gasteiger partial charge in [0.25, 0.3) is 0 Å². The lowest BCUT2D eigenvalue weighted by Crippen LogP contribution is -2.43. The van der Waals surface area contributed by atoms with E-state index in [1.165, 1.54) is 0 Å². The van der Waals surface area contributed by atoms with Gasteiger partial charge in [0.1, 0.15) is 0 Å². The van der Waals surface area contributed by atoms with Gasteiger partial charge in [0.15, 0.2) is 0 Å². The Bertz CT molecular complexity index is 498. The molecule has 0 unspecified atom stereocenters. The predicted molar refractivity (Wildman–Crippen MR) is 92.5 cm³/mol. The molecule has 1 aliphatic heterocycles. The summed E-state index contributed by atoms with van der Waals surface area (Å²) in [4.78, 5) is 16.6. The number of piperidine rings is 1. The van der Waals surface area contributed by atoms with Crippen LogP contribution in [-0.2, 0) is 0 Å². The molecule has 5 heteroatoms. The van der Waals surface area contributed by atoms with Crippen LogP contribution in [0.1, 0.15) is 26.7 Å². The van der Waals surface area contributed by atoms with E-state index in [2.05, 4.69) is 31.1 Å². The molecule has 1 aromatic carbocycles. The molecule has 122 valence electrons. The van der Waals surface area contributed by atoms with Crippen LogP contribution in [0.4, 0.5) is 10.5 Å². The number of carbonyl (C=O) groups excluding carboxylic acids is 1. The second kappa shape index (κ2) is 7.84. The van der Waals surface area contributed by atoms with Gasteiger partial charge in [-0.05, 0) is 57.9 Å². The highest BCUT2D eigenvalue weighted by Crippen LogP contribution is 2.20. The van der Waals surface area contributed by atoms with E-state index in [1.54, 1.807) is 12.1 Å². The minimum absolute atomic E-state index is 0.0297. The van der Waals surface area contributed by atoms with Gasteiger partial charge in [-0.15, -0.1) is 0 Å². The minimum Gasteiger partial charge on any atom is -0.325 e. The Morgan fingerprint density at radius 1 is 1.41 bits per heavy atom. The van der Waals surface area contributed by atoms with Gasteiger partial charge in [-0.3, -0.25) is 0 Å². The van der Waals surface area contributed by atoms with Gasteiger partial charge in [-0.2, -0.15) is 0 Å². The van der Waals surface area contributed by atoms with Crippen molar-refractivity contribution in [2.75, 3.05) is 32.0 Å². The molecule has 0 atom stereocenters. The highest BCUT2D eigenvalue weighted by Gasteiger charge is 2.24. The van der Waals surface area contributed by atoms with E-state index in [-0.39, 0.29) is 6.03 Å². The Morgan fingerprint density at radius 3 is 2.68 bits per heavy atom. The SMILES string of the molecule is CC(C)N(C)CC1CCN(C(=O)Nc2cccc(Cl)c2)CC1. The molecule has 1 aromatic rings. The summed E-state index contributed by atoms with van der Waals surface area (Å²) in [5.41, 5.74) is 0.749. The Kier molecular flexibility index (Phi) is 6.09. The topological polar surface area (TPSA) is 35.6 Å². The van der Waals surface area contributed by atoms with Gasteiger partial charge >= 0.3 is 6.03 Å². The summed E-state index contributed by atoms with van der Waals surface area (Å²) in [5, 5.41) is 3.55. The summed E-state index contributed by atoms with van der Waals surface area (Å²) in [6, 6.07) is 7.81. The number of amides is 2. The maximum atomic E-state index is 12.3. The van der Waals surface area contributed by atoms with Crippen LogP contribution in [0.25, 0.3) is 0 Å². The lowest BCUT2D eigenvalue weighted by molar-refractivity contribution is 0.153. The number of likely N-dealkylation sites (tertiary alicyclic amines) is 1. The first-order valence-corrected chi connectivity index (χ1v) is 8.35. The molecule has 0 bridgehead atoms. The number of carbonyl (C=O) groups is 1. The Labute approximate surface area is 138 Å². The van der Waals surface area contributed by atoms with Crippen LogP contribution < -0.4 is 5.32 Å². The molecule has 0 aromatic heterocycles. The molecule has 0 spiro atoms. The van der Waals surface area contributed by atoms with Gasteiger partial charge in [-0.1, -0.05) is 17.7 Å². The summed E-state index contributed by atoms with van der Waals surface area (Å²) in [5.74, 6) is 0.683. The minimum atomic E-state index is -0.0297. The highest BCUT2D eigenvalue weighted by molar-refractivity contribution is 6.30. The number of rotatable bonds is 4. The smallest absolute Gasteiger partial charge is 0.321 e. The Morgan fingerprint density at radius 2 is 2.09 bits per heavy atom. The van der Waals surface area contributed by atoms with Crippen molar-refractivity contribution in [1.29, 1.82) is 0 Å². The third-order valence-electron chi connectivity index (χ3n) is 4.41. The van der Waals surface area contributed by atoms with E-state index in [4.69, 9.17) is 11.6 Å². The standard InChI is InChI=1S/C17H26ClN3O/c1-13(2)20(3)12-14-7-9-21(10-8-14)17(22)19-16-6-4-5-15(18)11-16/h4-6,11,13-14H,7-10,12H2,1-3H3,(H,19,22). The number of hydrogen-bond acceptors (Lipinski definition) is 2. The number of nitrogens with one attached hydrogen (secondary N) is 1. The Hall–Kier alpha value is -1.26. The van der Waals surface area contributed by atoms with E-state index in [0.29, 0.717) is 17.0 Å². The second-order valence-corrected chi connectivity index (χ2v) is 6.84. The van der Waals surface area contributed by atoms with E-state index in [0.717, 1.165) is 38.2 Å². The molecule has 0 radical (unpaired) electrons. The van der Waals surface area contributed by atoms with Crippen molar-refractivity contribution in [2.24, 2.45) is 5.92 Å². The van der Waals surface area contributed by atoms with Crippen LogP contribution in [0, 0.1) is 5.92 Å². The van der Waals surface area contributed by atoms with Gasteiger partial charge in [0, 0.05) is 36.4 Å². The van der Waals surface area contributed by atoms with Crippen LogP contribution in [0.15, 0.2) is 24.3 Å². The normalized spacial score (nSPS) is 16.4. The fourth-order valence-corrected chi connectivity index (χ4v) is 2.90. The lowest BCUT2D eigenvalue weighted by atomic mass is 9.96. The van der Waals surface area contributed by atoms with Crippen LogP contribution >= 0.6 is 11.6 Å². The summed E-state index contributed by atoms with van der Waals surface area (Å²) in [6.07, 6.45) is 2.14. The highest BCUT2D eigenvalue weighted by atomic mass is 35.5. The molecule has 1 aliphatic rings. The zero-order valence-electron chi connectivity index (χ0n) is 13.7. The van der Waals surface area contributed by atoms with Crippen LogP contribution in [0.5, 0.6) is 0 Å². The first-order valence-electron chi connectivity index (χ1n) is 7.97. The summed E-state index contributed by atoms with van der Waals surface area (Å²) < 4.78 is 0. The van der Waals surface area contributed by atoms with Crippen molar-refractivity contribution in [2.45, 2.75) is 32.7 Å². The van der Waals surface area contributed by atoms with Gasteiger partial charge in [-0.25, -0.2) is 4.79 Å². The fourth-order valence-electron chi connectivity index (χ4n) is 2.71. The third-order valence-corrected chi connectivity index (χ3v) is 4.64. The molecule has 2 amide bonds. The van der Waals surface area contributed by atoms with Gasteiger partial charge in [0.2, 0.25) is 0 Å². The summed E-state index contributed by atoms with van der Waals surface area (Å²) in [6.45, 7) is 7.19. The maximum Gasteiger partial charge on any atom is 0.321 e.